The van der Waals surface area contributed by atoms with Gasteiger partial charge >= 0.3 is 0 Å². The van der Waals surface area contributed by atoms with Gasteiger partial charge in [0.05, 0.1) is 17.6 Å². The van der Waals surface area contributed by atoms with Crippen molar-refractivity contribution in [1.82, 2.24) is 15.0 Å². The first kappa shape index (κ1) is 13.7. The highest BCUT2D eigenvalue weighted by molar-refractivity contribution is 5.32. The fraction of sp³-hybridized carbons (Fsp3) is 0.467. The molecule has 4 heteroatoms. The van der Waals surface area contributed by atoms with Crippen LogP contribution in [-0.2, 0) is 5.60 Å². The minimum Gasteiger partial charge on any atom is -0.383 e. The molecule has 0 amide bonds. The second kappa shape index (κ2) is 5.97. The Morgan fingerprint density at radius 3 is 2.32 bits per heavy atom. The fourth-order valence-corrected chi connectivity index (χ4v) is 2.52. The molecular formula is C15H21N3O. The second-order valence-electron chi connectivity index (χ2n) is 4.90. The average molecular weight is 259 g/mol. The van der Waals surface area contributed by atoms with Crippen molar-refractivity contribution in [2.45, 2.75) is 45.1 Å². The first-order valence-corrected chi connectivity index (χ1v) is 6.90. The van der Waals surface area contributed by atoms with Crippen LogP contribution in [0.2, 0.25) is 0 Å². The Hall–Kier alpha value is -1.68. The molecule has 1 aromatic heterocycles. The molecule has 0 saturated heterocycles. The normalized spacial score (nSPS) is 11.7. The van der Waals surface area contributed by atoms with Crippen LogP contribution in [0.25, 0.3) is 5.69 Å². The van der Waals surface area contributed by atoms with Crippen LogP contribution in [0.3, 0.4) is 0 Å². The lowest BCUT2D eigenvalue weighted by molar-refractivity contribution is 0.0104. The highest BCUT2D eigenvalue weighted by atomic mass is 16.3. The summed E-state index contributed by atoms with van der Waals surface area (Å²) < 4.78 is 1.74. The van der Waals surface area contributed by atoms with Gasteiger partial charge in [-0.05, 0) is 25.0 Å². The van der Waals surface area contributed by atoms with E-state index in [-0.39, 0.29) is 0 Å². The molecule has 0 bridgehead atoms. The molecule has 19 heavy (non-hydrogen) atoms. The first-order chi connectivity index (χ1) is 9.21. The van der Waals surface area contributed by atoms with Gasteiger partial charge in [-0.15, -0.1) is 5.10 Å². The van der Waals surface area contributed by atoms with Gasteiger partial charge < -0.3 is 5.11 Å². The van der Waals surface area contributed by atoms with Gasteiger partial charge in [0.2, 0.25) is 0 Å². The highest BCUT2D eigenvalue weighted by Gasteiger charge is 2.31. The van der Waals surface area contributed by atoms with Gasteiger partial charge in [-0.1, -0.05) is 50.1 Å². The maximum Gasteiger partial charge on any atom is 0.108 e. The number of para-hydroxylation sites is 1. The van der Waals surface area contributed by atoms with Crippen LogP contribution in [-0.4, -0.2) is 20.1 Å². The maximum atomic E-state index is 10.9. The molecule has 0 saturated carbocycles. The van der Waals surface area contributed by atoms with Crippen LogP contribution in [0.5, 0.6) is 0 Å². The van der Waals surface area contributed by atoms with E-state index in [0.717, 1.165) is 37.1 Å². The molecular weight excluding hydrogens is 238 g/mol. The molecule has 2 rings (SSSR count). The largest absolute Gasteiger partial charge is 0.383 e. The molecule has 0 aliphatic heterocycles. The van der Waals surface area contributed by atoms with Crippen molar-refractivity contribution < 1.29 is 5.11 Å². The Kier molecular flexibility index (Phi) is 4.32. The molecule has 0 aliphatic carbocycles. The van der Waals surface area contributed by atoms with Crippen LogP contribution in [0.1, 0.15) is 45.2 Å². The lowest BCUT2D eigenvalue weighted by atomic mass is 9.89. The van der Waals surface area contributed by atoms with Gasteiger partial charge in [0, 0.05) is 0 Å². The number of aromatic nitrogens is 3. The van der Waals surface area contributed by atoms with Crippen molar-refractivity contribution in [3.8, 4) is 5.69 Å². The summed E-state index contributed by atoms with van der Waals surface area (Å²) in [6, 6.07) is 9.82. The van der Waals surface area contributed by atoms with E-state index in [1.807, 2.05) is 30.3 Å². The molecule has 0 fully saturated rings. The number of hydrogen-bond donors (Lipinski definition) is 1. The summed E-state index contributed by atoms with van der Waals surface area (Å²) >= 11 is 0. The molecule has 0 spiro atoms. The van der Waals surface area contributed by atoms with Gasteiger partial charge in [0.15, 0.2) is 0 Å². The van der Waals surface area contributed by atoms with Crippen molar-refractivity contribution in [2.24, 2.45) is 0 Å². The first-order valence-electron chi connectivity index (χ1n) is 6.90. The van der Waals surface area contributed by atoms with Crippen molar-refractivity contribution in [3.05, 3.63) is 42.2 Å². The topological polar surface area (TPSA) is 50.9 Å². The van der Waals surface area contributed by atoms with E-state index >= 15 is 0 Å². The van der Waals surface area contributed by atoms with Crippen LogP contribution in [0.15, 0.2) is 36.5 Å². The molecule has 0 unspecified atom stereocenters. The quantitative estimate of drug-likeness (QED) is 0.867. The summed E-state index contributed by atoms with van der Waals surface area (Å²) in [5, 5.41) is 19.0. The fourth-order valence-electron chi connectivity index (χ4n) is 2.52. The minimum atomic E-state index is -0.844. The van der Waals surface area contributed by atoms with E-state index in [1.165, 1.54) is 0 Å². The number of rotatable bonds is 6. The predicted octanol–water partition coefficient (Wildman–Crippen LogP) is 3.06. The number of aliphatic hydroxyl groups is 1. The lowest BCUT2D eigenvalue weighted by Gasteiger charge is -2.27. The lowest BCUT2D eigenvalue weighted by Crippen LogP contribution is -2.28. The van der Waals surface area contributed by atoms with Crippen LogP contribution < -0.4 is 0 Å². The molecule has 0 atom stereocenters. The molecule has 4 nitrogen and oxygen atoms in total. The third-order valence-corrected chi connectivity index (χ3v) is 3.35. The highest BCUT2D eigenvalue weighted by Crippen LogP contribution is 2.31. The van der Waals surface area contributed by atoms with E-state index in [0.29, 0.717) is 0 Å². The van der Waals surface area contributed by atoms with Gasteiger partial charge in [0.25, 0.3) is 0 Å². The van der Waals surface area contributed by atoms with Gasteiger partial charge in [-0.2, -0.15) is 0 Å². The average Bonchev–Trinajstić information content (AvgIpc) is 2.90. The number of hydrogen-bond acceptors (Lipinski definition) is 3. The summed E-state index contributed by atoms with van der Waals surface area (Å²) in [7, 11) is 0. The summed E-state index contributed by atoms with van der Waals surface area (Å²) in [5.41, 5.74) is 0.867. The minimum absolute atomic E-state index is 0.723. The predicted molar refractivity (Wildman–Crippen MR) is 75.1 cm³/mol. The van der Waals surface area contributed by atoms with Gasteiger partial charge in [-0.3, -0.25) is 0 Å². The van der Waals surface area contributed by atoms with Gasteiger partial charge in [0.1, 0.15) is 5.60 Å². The summed E-state index contributed by atoms with van der Waals surface area (Å²) in [5.74, 6) is 0. The monoisotopic (exact) mass is 259 g/mol. The Morgan fingerprint density at radius 2 is 1.74 bits per heavy atom. The Bertz CT molecular complexity index is 501. The van der Waals surface area contributed by atoms with Crippen LogP contribution in [0, 0.1) is 0 Å². The molecule has 1 N–H and O–H groups in total. The van der Waals surface area contributed by atoms with E-state index in [1.54, 1.807) is 10.9 Å². The Balaban J connectivity index is 2.42. The van der Waals surface area contributed by atoms with Crippen molar-refractivity contribution in [2.75, 3.05) is 0 Å². The SMILES string of the molecule is CCCC(O)(CCC)c1cnnn1-c1ccccc1. The van der Waals surface area contributed by atoms with Crippen molar-refractivity contribution >= 4 is 0 Å². The molecule has 0 radical (unpaired) electrons. The zero-order valence-corrected chi connectivity index (χ0v) is 11.6. The number of nitrogens with zero attached hydrogens (tertiary/aromatic N) is 3. The van der Waals surface area contributed by atoms with E-state index in [9.17, 15) is 5.11 Å². The van der Waals surface area contributed by atoms with E-state index < -0.39 is 5.60 Å². The standard InChI is InChI=1S/C15H21N3O/c1-3-10-15(19,11-4-2)14-12-16-17-18(14)13-8-6-5-7-9-13/h5-9,12,19H,3-4,10-11H2,1-2H3. The molecule has 0 aliphatic rings. The Labute approximate surface area is 114 Å². The molecule has 1 aromatic carbocycles. The Morgan fingerprint density at radius 1 is 1.11 bits per heavy atom. The zero-order chi connectivity index (χ0) is 13.7. The van der Waals surface area contributed by atoms with E-state index in [2.05, 4.69) is 24.2 Å². The smallest absolute Gasteiger partial charge is 0.108 e. The molecule has 102 valence electrons. The van der Waals surface area contributed by atoms with Crippen LogP contribution >= 0.6 is 0 Å². The third kappa shape index (κ3) is 2.84. The second-order valence-corrected chi connectivity index (χ2v) is 4.90. The molecule has 1 heterocycles. The van der Waals surface area contributed by atoms with Crippen molar-refractivity contribution in [3.63, 3.8) is 0 Å². The van der Waals surface area contributed by atoms with Crippen molar-refractivity contribution in [1.29, 1.82) is 0 Å². The third-order valence-electron chi connectivity index (χ3n) is 3.35. The summed E-state index contributed by atoms with van der Waals surface area (Å²) in [4.78, 5) is 0. The summed E-state index contributed by atoms with van der Waals surface area (Å²) in [6.45, 7) is 4.16. The van der Waals surface area contributed by atoms with Crippen LogP contribution in [0.4, 0.5) is 0 Å². The van der Waals surface area contributed by atoms with Gasteiger partial charge in [-0.25, -0.2) is 4.68 Å². The van der Waals surface area contributed by atoms with E-state index in [4.69, 9.17) is 0 Å². The molecule has 2 aromatic rings. The number of benzene rings is 1. The summed E-state index contributed by atoms with van der Waals surface area (Å²) in [6.07, 6.45) is 4.98. The maximum absolute atomic E-state index is 10.9. The zero-order valence-electron chi connectivity index (χ0n) is 11.6.